The van der Waals surface area contributed by atoms with Crippen molar-refractivity contribution in [3.63, 3.8) is 0 Å². The Hall–Kier alpha value is -1.04. The topological polar surface area (TPSA) is 0 Å². The smallest absolute Gasteiger partial charge is 0.00751 e. The van der Waals surface area contributed by atoms with Crippen LogP contribution in [0.4, 0.5) is 0 Å². The summed E-state index contributed by atoms with van der Waals surface area (Å²) in [4.78, 5) is 0. The summed E-state index contributed by atoms with van der Waals surface area (Å²) in [5, 5.41) is 0. The Morgan fingerprint density at radius 2 is 1.32 bits per heavy atom. The van der Waals surface area contributed by atoms with Crippen LogP contribution in [0.15, 0.2) is 42.5 Å². The first-order chi connectivity index (χ1) is 10.4. The molecule has 0 heterocycles. The van der Waals surface area contributed by atoms with E-state index in [-0.39, 0.29) is 0 Å². The third-order valence-corrected chi connectivity index (χ3v) is 3.85. The van der Waals surface area contributed by atoms with Crippen molar-refractivity contribution in [2.75, 3.05) is 0 Å². The lowest BCUT2D eigenvalue weighted by atomic mass is 9.68. The lowest BCUT2D eigenvalue weighted by Gasteiger charge is -2.36. The molecule has 0 atom stereocenters. The Morgan fingerprint density at radius 3 is 1.68 bits per heavy atom. The molecular formula is C22H40. The van der Waals surface area contributed by atoms with Gasteiger partial charge in [0.15, 0.2) is 0 Å². The zero-order chi connectivity index (χ0) is 17.6. The molecule has 1 aromatic carbocycles. The highest BCUT2D eigenvalue weighted by Gasteiger charge is 2.30. The molecule has 0 N–H and O–H groups in total. The third-order valence-electron chi connectivity index (χ3n) is 3.85. The number of rotatable bonds is 1. The van der Waals surface area contributed by atoms with Gasteiger partial charge in [-0.25, -0.2) is 0 Å². The Kier molecular flexibility index (Phi) is 14.4. The molecule has 0 aromatic heterocycles. The van der Waals surface area contributed by atoms with Crippen LogP contribution in [0.2, 0.25) is 0 Å². The minimum Gasteiger partial charge on any atom is -0.100 e. The van der Waals surface area contributed by atoms with E-state index in [1.54, 1.807) is 0 Å². The van der Waals surface area contributed by atoms with Crippen LogP contribution in [0.3, 0.4) is 0 Å². The highest BCUT2D eigenvalue weighted by atomic mass is 14.3. The second kappa shape index (κ2) is 13.6. The van der Waals surface area contributed by atoms with Crippen molar-refractivity contribution in [3.8, 4) is 0 Å². The highest BCUT2D eigenvalue weighted by molar-refractivity contribution is 5.24. The van der Waals surface area contributed by atoms with E-state index >= 15 is 0 Å². The predicted octanol–water partition coefficient (Wildman–Crippen LogP) is 7.79. The summed E-state index contributed by atoms with van der Waals surface area (Å²) in [6, 6.07) is 11.0. The van der Waals surface area contributed by atoms with Gasteiger partial charge in [0.25, 0.3) is 0 Å². The van der Waals surface area contributed by atoms with Crippen molar-refractivity contribution in [1.82, 2.24) is 0 Å². The highest BCUT2D eigenvalue weighted by Crippen LogP contribution is 2.40. The van der Waals surface area contributed by atoms with Crippen molar-refractivity contribution < 1.29 is 0 Å². The van der Waals surface area contributed by atoms with Gasteiger partial charge in [-0.3, -0.25) is 0 Å². The average molecular weight is 305 g/mol. The van der Waals surface area contributed by atoms with Crippen LogP contribution in [-0.4, -0.2) is 0 Å². The van der Waals surface area contributed by atoms with Crippen LogP contribution in [0.25, 0.3) is 0 Å². The van der Waals surface area contributed by atoms with Gasteiger partial charge in [0.05, 0.1) is 0 Å². The van der Waals surface area contributed by atoms with E-state index in [2.05, 4.69) is 50.8 Å². The van der Waals surface area contributed by atoms with Gasteiger partial charge in [-0.15, -0.1) is 6.58 Å². The van der Waals surface area contributed by atoms with E-state index in [1.165, 1.54) is 36.8 Å². The minimum absolute atomic E-state index is 0.452. The Labute approximate surface area is 141 Å². The van der Waals surface area contributed by atoms with Crippen molar-refractivity contribution in [2.45, 2.75) is 86.5 Å². The Bertz CT molecular complexity index is 349. The molecule has 0 spiro atoms. The molecule has 0 nitrogen and oxygen atoms in total. The normalized spacial score (nSPS) is 22.6. The summed E-state index contributed by atoms with van der Waals surface area (Å²) in [7, 11) is 0. The fourth-order valence-corrected chi connectivity index (χ4v) is 2.53. The molecular weight excluding hydrogens is 264 g/mol. The lowest BCUT2D eigenvalue weighted by molar-refractivity contribution is 0.261. The molecule has 0 radical (unpaired) electrons. The van der Waals surface area contributed by atoms with Crippen molar-refractivity contribution in [3.05, 3.63) is 48.0 Å². The van der Waals surface area contributed by atoms with E-state index in [1.807, 2.05) is 41.5 Å². The maximum absolute atomic E-state index is 3.56. The van der Waals surface area contributed by atoms with E-state index in [0.717, 1.165) is 5.92 Å². The van der Waals surface area contributed by atoms with Crippen LogP contribution in [-0.2, 0) is 5.41 Å². The van der Waals surface area contributed by atoms with Crippen LogP contribution in [0.1, 0.15) is 86.6 Å². The van der Waals surface area contributed by atoms with Crippen LogP contribution in [0, 0.1) is 5.92 Å². The molecule has 0 heteroatoms. The summed E-state index contributed by atoms with van der Waals surface area (Å²) in [5.74, 6) is 0.937. The zero-order valence-electron chi connectivity index (χ0n) is 16.5. The summed E-state index contributed by atoms with van der Waals surface area (Å²) in [6.07, 6.45) is 5.51. The summed E-state index contributed by atoms with van der Waals surface area (Å²) in [5.41, 5.74) is 3.15. The number of hydrogen-bond acceptors (Lipinski definition) is 0. The average Bonchev–Trinajstić information content (AvgIpc) is 2.55. The van der Waals surface area contributed by atoms with Gasteiger partial charge < -0.3 is 0 Å². The van der Waals surface area contributed by atoms with E-state index in [0.29, 0.717) is 5.41 Å². The molecule has 0 unspecified atom stereocenters. The molecule has 1 fully saturated rings. The van der Waals surface area contributed by atoms with Gasteiger partial charge in [-0.1, -0.05) is 77.4 Å². The van der Waals surface area contributed by atoms with Gasteiger partial charge in [0.1, 0.15) is 0 Å². The second-order valence-electron chi connectivity index (χ2n) is 6.32. The first-order valence-electron chi connectivity index (χ1n) is 9.12. The molecule has 1 saturated carbocycles. The molecule has 128 valence electrons. The third kappa shape index (κ3) is 9.82. The SMILES string of the molecule is C=C(C)C.CC.CC.CC1CCC(C)(c2ccccc2)CC1. The standard InChI is InChI=1S/C14H20.C4H8.2C2H6/c1-12-8-10-14(2,11-9-12)13-6-4-3-5-7-13;1-4(2)3;2*1-2/h3-7,12H,8-11H2,1-2H3;1H2,2-3H3;2*1-2H3. The number of hydrogen-bond donors (Lipinski definition) is 0. The monoisotopic (exact) mass is 304 g/mol. The van der Waals surface area contributed by atoms with E-state index in [4.69, 9.17) is 0 Å². The molecule has 0 aliphatic heterocycles. The largest absolute Gasteiger partial charge is 0.100 e. The molecule has 22 heavy (non-hydrogen) atoms. The number of allylic oxidation sites excluding steroid dienone is 1. The fourth-order valence-electron chi connectivity index (χ4n) is 2.53. The summed E-state index contributed by atoms with van der Waals surface area (Å²) in [6.45, 7) is 20.3. The molecule has 2 rings (SSSR count). The molecule has 0 amide bonds. The van der Waals surface area contributed by atoms with Crippen LogP contribution >= 0.6 is 0 Å². The fraction of sp³-hybridized carbons (Fsp3) is 0.636. The van der Waals surface area contributed by atoms with Gasteiger partial charge in [0, 0.05) is 0 Å². The minimum atomic E-state index is 0.452. The van der Waals surface area contributed by atoms with Gasteiger partial charge in [-0.05, 0) is 56.4 Å². The van der Waals surface area contributed by atoms with Crippen LogP contribution < -0.4 is 0 Å². The maximum Gasteiger partial charge on any atom is -0.00751 e. The molecule has 0 bridgehead atoms. The van der Waals surface area contributed by atoms with Gasteiger partial charge in [0.2, 0.25) is 0 Å². The second-order valence-corrected chi connectivity index (χ2v) is 6.32. The zero-order valence-corrected chi connectivity index (χ0v) is 16.5. The first-order valence-corrected chi connectivity index (χ1v) is 9.12. The maximum atomic E-state index is 3.56. The van der Waals surface area contributed by atoms with Crippen molar-refractivity contribution in [2.24, 2.45) is 5.92 Å². The summed E-state index contributed by atoms with van der Waals surface area (Å²) >= 11 is 0. The Morgan fingerprint density at radius 1 is 0.955 bits per heavy atom. The Balaban J connectivity index is 0. The molecule has 1 aliphatic rings. The quantitative estimate of drug-likeness (QED) is 0.464. The predicted molar refractivity (Wildman–Crippen MR) is 105 cm³/mol. The summed E-state index contributed by atoms with van der Waals surface area (Å²) < 4.78 is 0. The molecule has 0 saturated heterocycles. The first kappa shape index (κ1) is 23.2. The van der Waals surface area contributed by atoms with Crippen molar-refractivity contribution >= 4 is 0 Å². The molecule has 1 aliphatic carbocycles. The van der Waals surface area contributed by atoms with Gasteiger partial charge in [-0.2, -0.15) is 0 Å². The van der Waals surface area contributed by atoms with Crippen molar-refractivity contribution in [1.29, 1.82) is 0 Å². The van der Waals surface area contributed by atoms with Crippen LogP contribution in [0.5, 0.6) is 0 Å². The lowest BCUT2D eigenvalue weighted by Crippen LogP contribution is -2.27. The van der Waals surface area contributed by atoms with E-state index < -0.39 is 0 Å². The van der Waals surface area contributed by atoms with Gasteiger partial charge >= 0.3 is 0 Å². The van der Waals surface area contributed by atoms with E-state index in [9.17, 15) is 0 Å². The number of benzene rings is 1. The molecule has 1 aromatic rings.